The fourth-order valence-corrected chi connectivity index (χ4v) is 8.23. The molecule has 0 radical (unpaired) electrons. The summed E-state index contributed by atoms with van der Waals surface area (Å²) >= 11 is 0. The molecule has 266 valence electrons. The number of benzene rings is 5. The Morgan fingerprint density at radius 3 is 2.04 bits per heavy atom. The van der Waals surface area contributed by atoms with Gasteiger partial charge in [0, 0.05) is 23.5 Å². The first-order valence-electron chi connectivity index (χ1n) is 19.1. The third kappa shape index (κ3) is 5.79. The van der Waals surface area contributed by atoms with Crippen LogP contribution in [0.5, 0.6) is 0 Å². The Balaban J connectivity index is 0.824. The summed E-state index contributed by atoms with van der Waals surface area (Å²) in [6.45, 7) is 0. The van der Waals surface area contributed by atoms with Crippen LogP contribution in [0.3, 0.4) is 0 Å². The van der Waals surface area contributed by atoms with Crippen molar-refractivity contribution in [3.8, 4) is 11.5 Å². The first-order valence-corrected chi connectivity index (χ1v) is 19.1. The summed E-state index contributed by atoms with van der Waals surface area (Å²) in [6.07, 6.45) is 23.7. The van der Waals surface area contributed by atoms with Crippen LogP contribution in [0.1, 0.15) is 45.5 Å². The van der Waals surface area contributed by atoms with Crippen LogP contribution < -0.4 is 16.0 Å². The zero-order valence-corrected chi connectivity index (χ0v) is 30.4. The highest BCUT2D eigenvalue weighted by Crippen LogP contribution is 2.43. The van der Waals surface area contributed by atoms with Crippen molar-refractivity contribution >= 4 is 56.5 Å². The van der Waals surface area contributed by atoms with Gasteiger partial charge in [0.2, 0.25) is 0 Å². The van der Waals surface area contributed by atoms with E-state index in [1.54, 1.807) is 12.4 Å². The van der Waals surface area contributed by atoms with Crippen molar-refractivity contribution in [3.05, 3.63) is 209 Å². The quantitative estimate of drug-likeness (QED) is 0.164. The molecule has 11 rings (SSSR count). The van der Waals surface area contributed by atoms with Crippen LogP contribution in [-0.2, 0) is 0 Å². The predicted octanol–water partition coefficient (Wildman–Crippen LogP) is 11.1. The molecule has 0 bridgehead atoms. The smallest absolute Gasteiger partial charge is 0.178 e. The Bertz CT molecular complexity index is 2900. The third-order valence-corrected chi connectivity index (χ3v) is 11.2. The first kappa shape index (κ1) is 32.1. The summed E-state index contributed by atoms with van der Waals surface area (Å²) < 4.78 is 0. The molecule has 56 heavy (non-hydrogen) atoms. The standard InChI is InChI=1S/C50H36N6/c1-2-5-31(6-3-1)42-22-19-34-9-10-35-20-23-44(56-49(35)48(34)55-42)40-16-14-36-27-37(12-13-38(36)28-40)39-11-7-32-17-21-43(53-46(32)29-39)41-15-8-33-18-24-45(54-47(33)30-41)50-51-25-4-26-52-50/h1-30,42,44,46,53,55-56H. The molecule has 0 spiro atoms. The second kappa shape index (κ2) is 13.2. The summed E-state index contributed by atoms with van der Waals surface area (Å²) in [5.41, 5.74) is 14.7. The van der Waals surface area contributed by atoms with E-state index in [1.807, 2.05) is 12.1 Å². The first-order chi connectivity index (χ1) is 27.7. The van der Waals surface area contributed by atoms with Gasteiger partial charge in [0.05, 0.1) is 35.0 Å². The van der Waals surface area contributed by atoms with E-state index in [9.17, 15) is 0 Å². The summed E-state index contributed by atoms with van der Waals surface area (Å²) in [5, 5.41) is 15.0. The molecule has 1 aliphatic carbocycles. The molecule has 0 saturated heterocycles. The summed E-state index contributed by atoms with van der Waals surface area (Å²) in [4.78, 5) is 13.7. The van der Waals surface area contributed by atoms with Crippen molar-refractivity contribution in [1.82, 2.24) is 20.3 Å². The monoisotopic (exact) mass is 720 g/mol. The maximum absolute atomic E-state index is 4.90. The van der Waals surface area contributed by atoms with Crippen LogP contribution in [-0.4, -0.2) is 21.0 Å². The number of fused-ring (bicyclic) bond motifs is 6. The normalized spacial score (nSPS) is 19.1. The highest BCUT2D eigenvalue weighted by atomic mass is 15.0. The van der Waals surface area contributed by atoms with Gasteiger partial charge in [0.15, 0.2) is 5.82 Å². The van der Waals surface area contributed by atoms with Crippen LogP contribution in [0.4, 0.5) is 11.4 Å². The Kier molecular flexibility index (Phi) is 7.59. The number of pyridine rings is 1. The maximum Gasteiger partial charge on any atom is 0.178 e. The minimum absolute atomic E-state index is 0.0616. The summed E-state index contributed by atoms with van der Waals surface area (Å²) in [6, 6.07) is 41.2. The molecule has 3 atom stereocenters. The number of hydrogen-bond acceptors (Lipinski definition) is 6. The fourth-order valence-electron chi connectivity index (χ4n) is 8.23. The lowest BCUT2D eigenvalue weighted by atomic mass is 9.89. The maximum atomic E-state index is 4.90. The molecule has 5 aromatic carbocycles. The molecular weight excluding hydrogens is 685 g/mol. The van der Waals surface area contributed by atoms with Gasteiger partial charge in [-0.15, -0.1) is 0 Å². The largest absolute Gasteiger partial charge is 0.374 e. The number of nitrogens with one attached hydrogen (secondary N) is 3. The number of nitrogens with zero attached hydrogens (tertiary/aromatic N) is 3. The second-order valence-corrected chi connectivity index (χ2v) is 14.7. The van der Waals surface area contributed by atoms with Crippen molar-refractivity contribution in [2.45, 2.75) is 18.1 Å². The molecule has 5 heterocycles. The van der Waals surface area contributed by atoms with Crippen molar-refractivity contribution < 1.29 is 0 Å². The van der Waals surface area contributed by atoms with Crippen LogP contribution in [0.2, 0.25) is 0 Å². The summed E-state index contributed by atoms with van der Waals surface area (Å²) in [5.74, 6) is 0.624. The van der Waals surface area contributed by atoms with Gasteiger partial charge < -0.3 is 16.0 Å². The molecule has 0 fully saturated rings. The highest BCUT2D eigenvalue weighted by molar-refractivity contribution is 5.92. The van der Waals surface area contributed by atoms with Gasteiger partial charge in [-0.05, 0) is 91.7 Å². The van der Waals surface area contributed by atoms with Crippen molar-refractivity contribution in [2.75, 3.05) is 10.6 Å². The van der Waals surface area contributed by atoms with Crippen LogP contribution in [0.15, 0.2) is 176 Å². The minimum atomic E-state index is 0.0616. The van der Waals surface area contributed by atoms with E-state index in [4.69, 9.17) is 4.98 Å². The van der Waals surface area contributed by atoms with Gasteiger partial charge in [-0.3, -0.25) is 0 Å². The lowest BCUT2D eigenvalue weighted by Gasteiger charge is -2.30. The zero-order chi connectivity index (χ0) is 37.0. The Morgan fingerprint density at radius 2 is 1.21 bits per heavy atom. The SMILES string of the molecule is C1=CC2=CC=C(c3ccc4ccc(-c5ncccn5)nc4c3)NC2C=C1c1ccc2cc(C3C=Cc4ccc5c(c4N3)NC(c3ccccc3)C=C5)ccc2c1. The predicted molar refractivity (Wildman–Crippen MR) is 230 cm³/mol. The molecule has 3 unspecified atom stereocenters. The van der Waals surface area contributed by atoms with Crippen molar-refractivity contribution in [2.24, 2.45) is 0 Å². The molecule has 0 saturated carbocycles. The molecule has 2 aromatic heterocycles. The number of anilines is 2. The average molecular weight is 721 g/mol. The average Bonchev–Trinajstić information content (AvgIpc) is 3.28. The van der Waals surface area contributed by atoms with Gasteiger partial charge >= 0.3 is 0 Å². The zero-order valence-electron chi connectivity index (χ0n) is 30.4. The van der Waals surface area contributed by atoms with Gasteiger partial charge in [-0.2, -0.15) is 0 Å². The van der Waals surface area contributed by atoms with Crippen LogP contribution >= 0.6 is 0 Å². The van der Waals surface area contributed by atoms with Crippen LogP contribution in [0, 0.1) is 0 Å². The molecule has 6 nitrogen and oxygen atoms in total. The van der Waals surface area contributed by atoms with Gasteiger partial charge in [0.1, 0.15) is 5.69 Å². The second-order valence-electron chi connectivity index (χ2n) is 14.7. The molecular formula is C50H36N6. The van der Waals surface area contributed by atoms with E-state index < -0.39 is 0 Å². The van der Waals surface area contributed by atoms with E-state index in [2.05, 4.69) is 184 Å². The van der Waals surface area contributed by atoms with E-state index >= 15 is 0 Å². The van der Waals surface area contributed by atoms with Gasteiger partial charge in [0.25, 0.3) is 0 Å². The lowest BCUT2D eigenvalue weighted by molar-refractivity contribution is 0.815. The van der Waals surface area contributed by atoms with Crippen molar-refractivity contribution in [1.29, 1.82) is 0 Å². The molecule has 4 aliphatic rings. The number of hydrogen-bond donors (Lipinski definition) is 3. The van der Waals surface area contributed by atoms with Gasteiger partial charge in [-0.1, -0.05) is 134 Å². The molecule has 3 N–H and O–H groups in total. The van der Waals surface area contributed by atoms with Crippen molar-refractivity contribution in [3.63, 3.8) is 0 Å². The number of aromatic nitrogens is 3. The Hall–Kier alpha value is -7.31. The third-order valence-electron chi connectivity index (χ3n) is 11.2. The van der Waals surface area contributed by atoms with E-state index in [0.717, 1.165) is 39.2 Å². The molecule has 3 aliphatic heterocycles. The highest BCUT2D eigenvalue weighted by Gasteiger charge is 2.24. The lowest BCUT2D eigenvalue weighted by Crippen LogP contribution is -2.30. The topological polar surface area (TPSA) is 74.8 Å². The Labute approximate surface area is 325 Å². The van der Waals surface area contributed by atoms with Crippen LogP contribution in [0.25, 0.3) is 56.6 Å². The van der Waals surface area contributed by atoms with Gasteiger partial charge in [-0.25, -0.2) is 15.0 Å². The minimum Gasteiger partial charge on any atom is -0.374 e. The Morgan fingerprint density at radius 1 is 0.500 bits per heavy atom. The molecule has 0 amide bonds. The molecule has 6 heteroatoms. The number of allylic oxidation sites excluding steroid dienone is 4. The fraction of sp³-hybridized carbons (Fsp3) is 0.0600. The van der Waals surface area contributed by atoms with E-state index in [-0.39, 0.29) is 18.1 Å². The summed E-state index contributed by atoms with van der Waals surface area (Å²) in [7, 11) is 0. The number of rotatable bonds is 5. The van der Waals surface area contributed by atoms with E-state index in [1.165, 1.54) is 49.7 Å². The molecule has 7 aromatic rings. The number of dihydropyridines is 1. The van der Waals surface area contributed by atoms with E-state index in [0.29, 0.717) is 5.82 Å².